The van der Waals surface area contributed by atoms with Crippen molar-refractivity contribution in [3.05, 3.63) is 35.4 Å². The first-order valence-corrected chi connectivity index (χ1v) is 7.21. The minimum Gasteiger partial charge on any atom is -0.370 e. The van der Waals surface area contributed by atoms with Crippen molar-refractivity contribution in [3.63, 3.8) is 0 Å². The minimum atomic E-state index is 0.263. The van der Waals surface area contributed by atoms with Gasteiger partial charge in [-0.15, -0.1) is 0 Å². The van der Waals surface area contributed by atoms with Crippen LogP contribution in [0.1, 0.15) is 43.9 Å². The molecule has 3 unspecified atom stereocenters. The van der Waals surface area contributed by atoms with Crippen LogP contribution in [0.25, 0.3) is 0 Å². The second kappa shape index (κ2) is 5.02. The van der Waals surface area contributed by atoms with Crippen LogP contribution in [-0.4, -0.2) is 18.7 Å². The third-order valence-electron chi connectivity index (χ3n) is 4.38. The molecule has 18 heavy (non-hydrogen) atoms. The first-order chi connectivity index (χ1) is 8.75. The second-order valence-electron chi connectivity index (χ2n) is 5.97. The lowest BCUT2D eigenvalue weighted by atomic mass is 9.94. The topological polar surface area (TPSA) is 21.3 Å². The zero-order chi connectivity index (χ0) is 12.5. The van der Waals surface area contributed by atoms with Crippen LogP contribution < -0.4 is 5.32 Å². The molecule has 2 aliphatic rings. The van der Waals surface area contributed by atoms with E-state index in [1.54, 1.807) is 0 Å². The summed E-state index contributed by atoms with van der Waals surface area (Å²) < 4.78 is 6.20. The number of hydrogen-bond acceptors (Lipinski definition) is 2. The number of fused-ring (bicyclic) bond motifs is 3. The van der Waals surface area contributed by atoms with Gasteiger partial charge in [0.15, 0.2) is 0 Å². The van der Waals surface area contributed by atoms with Gasteiger partial charge in [0.25, 0.3) is 0 Å². The number of hydrogen-bond donors (Lipinski definition) is 1. The summed E-state index contributed by atoms with van der Waals surface area (Å²) in [6, 6.07) is 9.79. The molecular formula is C16H23NO. The molecule has 1 N–H and O–H groups in total. The highest BCUT2D eigenvalue weighted by Crippen LogP contribution is 2.34. The van der Waals surface area contributed by atoms with E-state index < -0.39 is 0 Å². The molecule has 1 aromatic rings. The Kier molecular flexibility index (Phi) is 3.40. The Morgan fingerprint density at radius 1 is 1.28 bits per heavy atom. The minimum absolute atomic E-state index is 0.263. The summed E-state index contributed by atoms with van der Waals surface area (Å²) in [5.41, 5.74) is 2.89. The molecule has 0 bridgehead atoms. The monoisotopic (exact) mass is 245 g/mol. The number of rotatable bonds is 1. The average molecular weight is 245 g/mol. The summed E-state index contributed by atoms with van der Waals surface area (Å²) >= 11 is 0. The van der Waals surface area contributed by atoms with Crippen molar-refractivity contribution < 1.29 is 4.74 Å². The lowest BCUT2D eigenvalue weighted by molar-refractivity contribution is -0.0397. The summed E-state index contributed by atoms with van der Waals surface area (Å²) in [6.45, 7) is 5.38. The van der Waals surface area contributed by atoms with E-state index in [1.807, 2.05) is 0 Å². The molecule has 1 fully saturated rings. The van der Waals surface area contributed by atoms with E-state index in [0.717, 1.165) is 6.61 Å². The van der Waals surface area contributed by atoms with Gasteiger partial charge in [0.05, 0.1) is 12.7 Å². The molecule has 2 heteroatoms. The zero-order valence-corrected chi connectivity index (χ0v) is 11.4. The molecule has 0 amide bonds. The predicted octanol–water partition coefficient (Wildman–Crippen LogP) is 3.08. The number of aryl methyl sites for hydroxylation is 1. The van der Waals surface area contributed by atoms with Crippen molar-refractivity contribution in [1.29, 1.82) is 0 Å². The van der Waals surface area contributed by atoms with Gasteiger partial charge in [0.1, 0.15) is 0 Å². The van der Waals surface area contributed by atoms with Crippen molar-refractivity contribution in [3.8, 4) is 0 Å². The first-order valence-electron chi connectivity index (χ1n) is 7.21. The molecule has 3 atom stereocenters. The van der Waals surface area contributed by atoms with Gasteiger partial charge in [0.2, 0.25) is 0 Å². The van der Waals surface area contributed by atoms with Gasteiger partial charge in [-0.2, -0.15) is 0 Å². The van der Waals surface area contributed by atoms with Gasteiger partial charge in [-0.3, -0.25) is 0 Å². The highest BCUT2D eigenvalue weighted by atomic mass is 16.5. The van der Waals surface area contributed by atoms with Gasteiger partial charge in [-0.25, -0.2) is 0 Å². The lowest BCUT2D eigenvalue weighted by Gasteiger charge is -2.39. The molecule has 1 saturated heterocycles. The summed E-state index contributed by atoms with van der Waals surface area (Å²) in [6.07, 6.45) is 3.95. The quantitative estimate of drug-likeness (QED) is 0.821. The molecule has 0 radical (unpaired) electrons. The standard InChI is InChI=1S/C16H23NO/c1-11(2)15-10-18-16-13-8-4-3-6-12(13)7-5-9-14(16)17-15/h3-4,6,8,11,14-17H,5,7,9-10H2,1-2H3. The first kappa shape index (κ1) is 12.2. The molecule has 0 spiro atoms. The van der Waals surface area contributed by atoms with Crippen molar-refractivity contribution in [2.45, 2.75) is 51.3 Å². The van der Waals surface area contributed by atoms with Crippen LogP contribution in [0.2, 0.25) is 0 Å². The van der Waals surface area contributed by atoms with Gasteiger partial charge < -0.3 is 10.1 Å². The Balaban J connectivity index is 1.86. The van der Waals surface area contributed by atoms with Crippen LogP contribution in [0.5, 0.6) is 0 Å². The molecule has 1 heterocycles. The van der Waals surface area contributed by atoms with Gasteiger partial charge in [-0.05, 0) is 36.3 Å². The van der Waals surface area contributed by atoms with Crippen molar-refractivity contribution >= 4 is 0 Å². The van der Waals surface area contributed by atoms with E-state index >= 15 is 0 Å². The maximum Gasteiger partial charge on any atom is 0.0981 e. The number of benzene rings is 1. The van der Waals surface area contributed by atoms with E-state index in [0.29, 0.717) is 18.0 Å². The molecule has 2 nitrogen and oxygen atoms in total. The Morgan fingerprint density at radius 3 is 2.94 bits per heavy atom. The van der Waals surface area contributed by atoms with Crippen LogP contribution in [0.15, 0.2) is 24.3 Å². The molecule has 0 aromatic heterocycles. The van der Waals surface area contributed by atoms with Crippen LogP contribution in [0.3, 0.4) is 0 Å². The summed E-state index contributed by atoms with van der Waals surface area (Å²) in [5.74, 6) is 0.643. The maximum atomic E-state index is 6.20. The fourth-order valence-corrected chi connectivity index (χ4v) is 3.21. The Bertz CT molecular complexity index is 415. The SMILES string of the molecule is CC(C)C1COC2c3ccccc3CCCC2N1. The molecule has 98 valence electrons. The Hall–Kier alpha value is -0.860. The van der Waals surface area contributed by atoms with Gasteiger partial charge in [-0.1, -0.05) is 38.1 Å². The van der Waals surface area contributed by atoms with Crippen LogP contribution in [0, 0.1) is 5.92 Å². The highest BCUT2D eigenvalue weighted by molar-refractivity contribution is 5.32. The smallest absolute Gasteiger partial charge is 0.0981 e. The van der Waals surface area contributed by atoms with Crippen LogP contribution >= 0.6 is 0 Å². The fourth-order valence-electron chi connectivity index (χ4n) is 3.21. The highest BCUT2D eigenvalue weighted by Gasteiger charge is 2.34. The molecular weight excluding hydrogens is 222 g/mol. The van der Waals surface area contributed by atoms with Crippen molar-refractivity contribution in [2.24, 2.45) is 5.92 Å². The van der Waals surface area contributed by atoms with E-state index in [-0.39, 0.29) is 6.10 Å². The Morgan fingerprint density at radius 2 is 2.11 bits per heavy atom. The molecule has 1 aliphatic heterocycles. The molecule has 1 aromatic carbocycles. The van der Waals surface area contributed by atoms with Gasteiger partial charge >= 0.3 is 0 Å². The lowest BCUT2D eigenvalue weighted by Crippen LogP contribution is -2.52. The fraction of sp³-hybridized carbons (Fsp3) is 0.625. The summed E-state index contributed by atoms with van der Waals surface area (Å²) in [5, 5.41) is 3.81. The summed E-state index contributed by atoms with van der Waals surface area (Å²) in [4.78, 5) is 0. The zero-order valence-electron chi connectivity index (χ0n) is 11.4. The van der Waals surface area contributed by atoms with E-state index in [4.69, 9.17) is 4.74 Å². The number of ether oxygens (including phenoxy) is 1. The molecule has 3 rings (SSSR count). The Labute approximate surface area is 110 Å². The van der Waals surface area contributed by atoms with Crippen LogP contribution in [-0.2, 0) is 11.2 Å². The summed E-state index contributed by atoms with van der Waals surface area (Å²) in [7, 11) is 0. The average Bonchev–Trinajstić information content (AvgIpc) is 2.57. The molecule has 1 aliphatic carbocycles. The molecule has 0 saturated carbocycles. The third-order valence-corrected chi connectivity index (χ3v) is 4.38. The van der Waals surface area contributed by atoms with E-state index in [2.05, 4.69) is 43.4 Å². The largest absolute Gasteiger partial charge is 0.370 e. The number of morpholine rings is 1. The van der Waals surface area contributed by atoms with Crippen LogP contribution in [0.4, 0.5) is 0 Å². The predicted molar refractivity (Wildman–Crippen MR) is 73.6 cm³/mol. The second-order valence-corrected chi connectivity index (χ2v) is 5.97. The van der Waals surface area contributed by atoms with E-state index in [1.165, 1.54) is 30.4 Å². The van der Waals surface area contributed by atoms with Crippen molar-refractivity contribution in [2.75, 3.05) is 6.61 Å². The maximum absolute atomic E-state index is 6.20. The normalized spacial score (nSPS) is 31.6. The third kappa shape index (κ3) is 2.19. The van der Waals surface area contributed by atoms with E-state index in [9.17, 15) is 0 Å². The number of nitrogens with one attached hydrogen (secondary N) is 1. The van der Waals surface area contributed by atoms with Crippen molar-refractivity contribution in [1.82, 2.24) is 5.32 Å². The van der Waals surface area contributed by atoms with Gasteiger partial charge in [0, 0.05) is 12.1 Å².